The fraction of sp³-hybridized carbons (Fsp3) is 0.577. The van der Waals surface area contributed by atoms with Crippen LogP contribution < -0.4 is 5.32 Å². The molecule has 35 heavy (non-hydrogen) atoms. The maximum atomic E-state index is 13.2. The monoisotopic (exact) mass is 484 g/mol. The first-order valence-corrected chi connectivity index (χ1v) is 12.1. The van der Waals surface area contributed by atoms with Crippen LogP contribution in [-0.4, -0.2) is 46.6 Å². The van der Waals surface area contributed by atoms with Crippen LogP contribution in [0.2, 0.25) is 0 Å². The summed E-state index contributed by atoms with van der Waals surface area (Å²) >= 11 is 0. The van der Waals surface area contributed by atoms with Crippen LogP contribution in [0.4, 0.5) is 10.6 Å². The van der Waals surface area contributed by atoms with Gasteiger partial charge in [-0.1, -0.05) is 43.7 Å². The van der Waals surface area contributed by atoms with Crippen LogP contribution in [0.5, 0.6) is 0 Å². The highest BCUT2D eigenvalue weighted by Crippen LogP contribution is 2.44. The fourth-order valence-electron chi connectivity index (χ4n) is 4.59. The van der Waals surface area contributed by atoms with E-state index in [1.54, 1.807) is 12.0 Å². The Labute approximate surface area is 206 Å². The molecule has 1 aliphatic heterocycles. The summed E-state index contributed by atoms with van der Waals surface area (Å²) in [5, 5.41) is 10.3. The smallest absolute Gasteiger partial charge is 0.410 e. The van der Waals surface area contributed by atoms with E-state index < -0.39 is 23.5 Å². The molecule has 2 aliphatic rings. The normalized spacial score (nSPS) is 19.0. The van der Waals surface area contributed by atoms with Gasteiger partial charge in [-0.3, -0.25) is 14.8 Å². The molecule has 2 amide bonds. The number of amides is 2. The lowest BCUT2D eigenvalue weighted by molar-refractivity contribution is -0.231. The van der Waals surface area contributed by atoms with Gasteiger partial charge in [0.1, 0.15) is 12.7 Å². The van der Waals surface area contributed by atoms with Gasteiger partial charge >= 0.3 is 6.09 Å². The number of anilines is 1. The van der Waals surface area contributed by atoms with Gasteiger partial charge < -0.3 is 19.5 Å². The largest absolute Gasteiger partial charge is 0.446 e. The lowest BCUT2D eigenvalue weighted by Crippen LogP contribution is -2.42. The Kier molecular flexibility index (Phi) is 6.68. The number of nitrogens with zero attached hydrogens (tertiary/aromatic N) is 2. The number of aromatic nitrogens is 2. The van der Waals surface area contributed by atoms with Crippen molar-refractivity contribution in [3.05, 3.63) is 47.2 Å². The molecule has 0 radical (unpaired) electrons. The van der Waals surface area contributed by atoms with Gasteiger partial charge in [-0.15, -0.1) is 0 Å². The molecule has 2 heterocycles. The molecular weight excluding hydrogens is 448 g/mol. The van der Waals surface area contributed by atoms with Gasteiger partial charge in [0.25, 0.3) is 0 Å². The molecule has 1 aliphatic carbocycles. The summed E-state index contributed by atoms with van der Waals surface area (Å²) in [5.74, 6) is -0.401. The van der Waals surface area contributed by atoms with Gasteiger partial charge in [-0.2, -0.15) is 5.10 Å². The van der Waals surface area contributed by atoms with E-state index in [-0.39, 0.29) is 24.5 Å². The van der Waals surface area contributed by atoms with E-state index in [0.717, 1.165) is 36.1 Å². The van der Waals surface area contributed by atoms with E-state index in [4.69, 9.17) is 14.2 Å². The predicted octanol–water partition coefficient (Wildman–Crippen LogP) is 4.87. The number of hydrogen-bond acceptors (Lipinski definition) is 6. The molecule has 2 aromatic rings. The van der Waals surface area contributed by atoms with Crippen LogP contribution in [0.1, 0.15) is 76.8 Å². The first-order valence-electron chi connectivity index (χ1n) is 12.1. The van der Waals surface area contributed by atoms with Gasteiger partial charge in [0.15, 0.2) is 11.6 Å². The summed E-state index contributed by atoms with van der Waals surface area (Å²) in [6.45, 7) is 9.76. The molecule has 1 unspecified atom stereocenters. The highest BCUT2D eigenvalue weighted by Gasteiger charge is 2.46. The van der Waals surface area contributed by atoms with E-state index in [2.05, 4.69) is 15.5 Å². The average Bonchev–Trinajstić information content (AvgIpc) is 3.33. The zero-order valence-corrected chi connectivity index (χ0v) is 21.4. The van der Waals surface area contributed by atoms with Gasteiger partial charge in [-0.05, 0) is 46.1 Å². The van der Waals surface area contributed by atoms with Crippen molar-refractivity contribution in [3.8, 4) is 0 Å². The number of nitrogens with one attached hydrogen (secondary N) is 2. The molecule has 2 N–H and O–H groups in total. The Hall–Kier alpha value is -2.91. The molecule has 1 aromatic carbocycles. The molecule has 9 heteroatoms. The summed E-state index contributed by atoms with van der Waals surface area (Å²) in [6, 6.07) is 9.60. The molecule has 1 fully saturated rings. The lowest BCUT2D eigenvalue weighted by atomic mass is 9.70. The van der Waals surface area contributed by atoms with E-state index in [0.29, 0.717) is 5.82 Å². The van der Waals surface area contributed by atoms with Crippen molar-refractivity contribution < 1.29 is 23.8 Å². The molecule has 0 spiro atoms. The number of carbonyl (C=O) groups is 2. The average molecular weight is 485 g/mol. The van der Waals surface area contributed by atoms with Crippen molar-refractivity contribution in [3.63, 3.8) is 0 Å². The van der Waals surface area contributed by atoms with Crippen molar-refractivity contribution >= 4 is 17.8 Å². The number of carbonyl (C=O) groups excluding carboxylic acids is 2. The molecular formula is C26H36N4O5. The molecule has 4 rings (SSSR count). The van der Waals surface area contributed by atoms with Crippen LogP contribution in [0, 0.1) is 5.41 Å². The fourth-order valence-corrected chi connectivity index (χ4v) is 4.59. The minimum atomic E-state index is -0.854. The zero-order valence-electron chi connectivity index (χ0n) is 21.4. The summed E-state index contributed by atoms with van der Waals surface area (Å²) in [7, 11) is 1.57. The highest BCUT2D eigenvalue weighted by molar-refractivity contribution is 5.95. The maximum absolute atomic E-state index is 13.2. The third kappa shape index (κ3) is 4.92. The number of H-pyrrole nitrogens is 1. The van der Waals surface area contributed by atoms with Gasteiger partial charge in [-0.25, -0.2) is 4.79 Å². The predicted molar refractivity (Wildman–Crippen MR) is 130 cm³/mol. The van der Waals surface area contributed by atoms with E-state index in [9.17, 15) is 9.59 Å². The summed E-state index contributed by atoms with van der Waals surface area (Å²) in [4.78, 5) is 27.6. The first kappa shape index (κ1) is 25.2. The van der Waals surface area contributed by atoms with Crippen molar-refractivity contribution in [2.75, 3.05) is 19.0 Å². The third-order valence-electron chi connectivity index (χ3n) is 7.37. The minimum Gasteiger partial charge on any atom is -0.446 e. The molecule has 9 nitrogen and oxygen atoms in total. The summed E-state index contributed by atoms with van der Waals surface area (Å²) < 4.78 is 17.3. The molecule has 1 saturated carbocycles. The SMILES string of the molecule is COC(C)(C)OC(COC(=O)N1Cc2c(NC(=O)C3(C)CCC3)n[nH]c2C1(C)C)c1ccccc1. The topological polar surface area (TPSA) is 106 Å². The van der Waals surface area contributed by atoms with E-state index in [1.165, 1.54) is 0 Å². The highest BCUT2D eigenvalue weighted by atomic mass is 16.7. The number of hydrogen-bond donors (Lipinski definition) is 2. The minimum absolute atomic E-state index is 0.0242. The Morgan fingerprint density at radius 1 is 1.20 bits per heavy atom. The molecule has 0 saturated heterocycles. The number of aromatic amines is 1. The van der Waals surface area contributed by atoms with Crippen LogP contribution in [-0.2, 0) is 31.1 Å². The number of benzene rings is 1. The van der Waals surface area contributed by atoms with Crippen LogP contribution in [0.25, 0.3) is 0 Å². The number of fused-ring (bicyclic) bond motifs is 1. The summed E-state index contributed by atoms with van der Waals surface area (Å²) in [5.41, 5.74) is 1.45. The number of rotatable bonds is 8. The Bertz CT molecular complexity index is 1070. The Balaban J connectivity index is 1.46. The van der Waals surface area contributed by atoms with Crippen molar-refractivity contribution in [1.82, 2.24) is 15.1 Å². The van der Waals surface area contributed by atoms with Gasteiger partial charge in [0.2, 0.25) is 5.91 Å². The Morgan fingerprint density at radius 3 is 2.49 bits per heavy atom. The second-order valence-corrected chi connectivity index (χ2v) is 10.6. The first-order chi connectivity index (χ1) is 16.5. The van der Waals surface area contributed by atoms with Crippen LogP contribution in [0.3, 0.4) is 0 Å². The summed E-state index contributed by atoms with van der Waals surface area (Å²) in [6.07, 6.45) is 1.84. The standard InChI is InChI=1S/C26H36N4O5/c1-24(2)20-18(21(29-28-20)27-22(31)26(5)13-10-14-26)15-30(24)23(32)34-16-19(35-25(3,4)33-6)17-11-8-7-9-12-17/h7-9,11-12,19H,10,13-16H2,1-6H3,(H2,27,28,29,31). The second kappa shape index (κ2) is 9.28. The molecule has 1 atom stereocenters. The van der Waals surface area contributed by atoms with Gasteiger partial charge in [0, 0.05) is 18.1 Å². The second-order valence-electron chi connectivity index (χ2n) is 10.6. The van der Waals surface area contributed by atoms with Gasteiger partial charge in [0.05, 0.1) is 17.8 Å². The van der Waals surface area contributed by atoms with Crippen molar-refractivity contribution in [1.29, 1.82) is 0 Å². The molecule has 190 valence electrons. The van der Waals surface area contributed by atoms with E-state index >= 15 is 0 Å². The van der Waals surface area contributed by atoms with Crippen LogP contribution in [0.15, 0.2) is 30.3 Å². The number of methoxy groups -OCH3 is 1. The zero-order chi connectivity index (χ0) is 25.4. The molecule has 0 bridgehead atoms. The van der Waals surface area contributed by atoms with Crippen molar-refractivity contribution in [2.24, 2.45) is 5.41 Å². The Morgan fingerprint density at radius 2 is 1.89 bits per heavy atom. The third-order valence-corrected chi connectivity index (χ3v) is 7.37. The quantitative estimate of drug-likeness (QED) is 0.518. The lowest BCUT2D eigenvalue weighted by Gasteiger charge is -2.36. The molecule has 1 aromatic heterocycles. The maximum Gasteiger partial charge on any atom is 0.410 e. The number of ether oxygens (including phenoxy) is 3. The van der Waals surface area contributed by atoms with E-state index in [1.807, 2.05) is 65.0 Å². The van der Waals surface area contributed by atoms with Crippen molar-refractivity contribution in [2.45, 2.75) is 77.9 Å². The van der Waals surface area contributed by atoms with Crippen LogP contribution >= 0.6 is 0 Å².